The van der Waals surface area contributed by atoms with Crippen molar-refractivity contribution in [2.45, 2.75) is 57.0 Å². The molecule has 0 unspecified atom stereocenters. The minimum atomic E-state index is -0.387. The van der Waals surface area contributed by atoms with Gasteiger partial charge in [-0.3, -0.25) is 9.59 Å². The van der Waals surface area contributed by atoms with Crippen molar-refractivity contribution < 1.29 is 19.1 Å². The molecule has 1 N–H and O–H groups in total. The third-order valence-electron chi connectivity index (χ3n) is 5.37. The average Bonchev–Trinajstić information content (AvgIpc) is 3.17. The molecule has 3 rings (SSSR count). The lowest BCUT2D eigenvalue weighted by molar-refractivity contribution is -0.125. The van der Waals surface area contributed by atoms with E-state index in [0.717, 1.165) is 19.3 Å². The first-order valence-electron chi connectivity index (χ1n) is 9.47. The minimum Gasteiger partial charge on any atom is -0.497 e. The first kappa shape index (κ1) is 18.5. The lowest BCUT2D eigenvalue weighted by atomic mass is 9.95. The summed E-state index contributed by atoms with van der Waals surface area (Å²) in [4.78, 5) is 27.5. The SMILES string of the molecule is COc1cc(OC)cc(C(=O)N2CCC[C@H]2C(=O)NC2CCCCC2)c1. The van der Waals surface area contributed by atoms with Gasteiger partial charge in [0.15, 0.2) is 0 Å². The van der Waals surface area contributed by atoms with Crippen LogP contribution in [0.15, 0.2) is 18.2 Å². The predicted octanol–water partition coefficient (Wildman–Crippen LogP) is 2.76. The zero-order valence-electron chi connectivity index (χ0n) is 15.6. The maximum Gasteiger partial charge on any atom is 0.254 e. The number of benzene rings is 1. The van der Waals surface area contributed by atoms with Crippen LogP contribution in [0.25, 0.3) is 0 Å². The second kappa shape index (κ2) is 8.43. The highest BCUT2D eigenvalue weighted by atomic mass is 16.5. The van der Waals surface area contributed by atoms with E-state index in [-0.39, 0.29) is 23.9 Å². The Morgan fingerprint density at radius 1 is 0.962 bits per heavy atom. The summed E-state index contributed by atoms with van der Waals surface area (Å²) < 4.78 is 10.5. The van der Waals surface area contributed by atoms with Crippen LogP contribution in [-0.2, 0) is 4.79 Å². The summed E-state index contributed by atoms with van der Waals surface area (Å²) in [6.07, 6.45) is 7.22. The van der Waals surface area contributed by atoms with Crippen LogP contribution in [0.5, 0.6) is 11.5 Å². The Balaban J connectivity index is 1.72. The third kappa shape index (κ3) is 4.11. The second-order valence-corrected chi connectivity index (χ2v) is 7.10. The number of methoxy groups -OCH3 is 2. The molecule has 2 aliphatic rings. The molecule has 1 aromatic carbocycles. The van der Waals surface area contributed by atoms with E-state index in [9.17, 15) is 9.59 Å². The van der Waals surface area contributed by atoms with Gasteiger partial charge in [0.05, 0.1) is 14.2 Å². The number of hydrogen-bond acceptors (Lipinski definition) is 4. The number of rotatable bonds is 5. The Hall–Kier alpha value is -2.24. The first-order chi connectivity index (χ1) is 12.6. The number of nitrogens with one attached hydrogen (secondary N) is 1. The van der Waals surface area contributed by atoms with E-state index in [4.69, 9.17) is 9.47 Å². The largest absolute Gasteiger partial charge is 0.497 e. The van der Waals surface area contributed by atoms with Crippen LogP contribution in [0.1, 0.15) is 55.3 Å². The molecule has 26 heavy (non-hydrogen) atoms. The summed E-state index contributed by atoms with van der Waals surface area (Å²) in [5.74, 6) is 0.964. The van der Waals surface area contributed by atoms with Crippen molar-refractivity contribution in [2.24, 2.45) is 0 Å². The monoisotopic (exact) mass is 360 g/mol. The standard InChI is InChI=1S/C20H28N2O4/c1-25-16-11-14(12-17(13-16)26-2)20(24)22-10-6-9-18(22)19(23)21-15-7-4-3-5-8-15/h11-13,15,18H,3-10H2,1-2H3,(H,21,23)/t18-/m0/s1. The van der Waals surface area contributed by atoms with Gasteiger partial charge >= 0.3 is 0 Å². The summed E-state index contributed by atoms with van der Waals surface area (Å²) >= 11 is 0. The summed E-state index contributed by atoms with van der Waals surface area (Å²) in [5, 5.41) is 3.16. The van der Waals surface area contributed by atoms with E-state index in [1.54, 1.807) is 37.3 Å². The van der Waals surface area contributed by atoms with Crippen molar-refractivity contribution in [2.75, 3.05) is 20.8 Å². The Labute approximate surface area is 154 Å². The Kier molecular flexibility index (Phi) is 6.01. The molecule has 6 heteroatoms. The number of nitrogens with zero attached hydrogens (tertiary/aromatic N) is 1. The van der Waals surface area contributed by atoms with E-state index in [1.165, 1.54) is 19.3 Å². The van der Waals surface area contributed by atoms with Crippen LogP contribution in [-0.4, -0.2) is 49.6 Å². The van der Waals surface area contributed by atoms with E-state index < -0.39 is 0 Å². The van der Waals surface area contributed by atoms with Gasteiger partial charge in [-0.25, -0.2) is 0 Å². The fourth-order valence-corrected chi connectivity index (χ4v) is 3.92. The predicted molar refractivity (Wildman–Crippen MR) is 98.6 cm³/mol. The number of carbonyl (C=O) groups is 2. The quantitative estimate of drug-likeness (QED) is 0.877. The maximum atomic E-state index is 13.0. The van der Waals surface area contributed by atoms with Gasteiger partial charge in [-0.1, -0.05) is 19.3 Å². The topological polar surface area (TPSA) is 67.9 Å². The Bertz CT molecular complexity index is 633. The molecule has 0 spiro atoms. The van der Waals surface area contributed by atoms with Crippen LogP contribution in [0.2, 0.25) is 0 Å². The van der Waals surface area contributed by atoms with Crippen molar-refractivity contribution >= 4 is 11.8 Å². The summed E-state index contributed by atoms with van der Waals surface area (Å²) in [7, 11) is 3.11. The van der Waals surface area contributed by atoms with Crippen LogP contribution in [0.4, 0.5) is 0 Å². The van der Waals surface area contributed by atoms with Crippen molar-refractivity contribution in [3.8, 4) is 11.5 Å². The van der Waals surface area contributed by atoms with Crippen molar-refractivity contribution in [3.63, 3.8) is 0 Å². The molecule has 1 aliphatic carbocycles. The number of amides is 2. The Morgan fingerprint density at radius 2 is 1.62 bits per heavy atom. The van der Waals surface area contributed by atoms with Crippen LogP contribution in [0.3, 0.4) is 0 Å². The van der Waals surface area contributed by atoms with E-state index >= 15 is 0 Å². The van der Waals surface area contributed by atoms with Gasteiger partial charge in [0.25, 0.3) is 5.91 Å². The molecule has 1 saturated heterocycles. The van der Waals surface area contributed by atoms with Crippen molar-refractivity contribution in [3.05, 3.63) is 23.8 Å². The molecule has 1 aliphatic heterocycles. The molecule has 0 aromatic heterocycles. The molecule has 2 amide bonds. The molecule has 1 atom stereocenters. The highest BCUT2D eigenvalue weighted by molar-refractivity contribution is 5.98. The van der Waals surface area contributed by atoms with Gasteiger partial charge in [0, 0.05) is 24.2 Å². The molecular formula is C20H28N2O4. The van der Waals surface area contributed by atoms with E-state index in [2.05, 4.69) is 5.32 Å². The number of carbonyl (C=O) groups excluding carboxylic acids is 2. The van der Waals surface area contributed by atoms with E-state index in [1.807, 2.05) is 0 Å². The van der Waals surface area contributed by atoms with Gasteiger partial charge in [0.2, 0.25) is 5.91 Å². The highest BCUT2D eigenvalue weighted by Gasteiger charge is 2.35. The number of hydrogen-bond donors (Lipinski definition) is 1. The number of likely N-dealkylation sites (tertiary alicyclic amines) is 1. The van der Waals surface area contributed by atoms with Gasteiger partial charge in [-0.2, -0.15) is 0 Å². The van der Waals surface area contributed by atoms with Crippen molar-refractivity contribution in [1.82, 2.24) is 10.2 Å². The molecular weight excluding hydrogens is 332 g/mol. The third-order valence-corrected chi connectivity index (χ3v) is 5.37. The van der Waals surface area contributed by atoms with Gasteiger partial charge in [-0.05, 0) is 37.8 Å². The van der Waals surface area contributed by atoms with Gasteiger partial charge in [0.1, 0.15) is 17.5 Å². The molecule has 1 saturated carbocycles. The average molecular weight is 360 g/mol. The normalized spacial score (nSPS) is 20.7. The van der Waals surface area contributed by atoms with Gasteiger partial charge < -0.3 is 19.7 Å². The smallest absolute Gasteiger partial charge is 0.254 e. The lowest BCUT2D eigenvalue weighted by Crippen LogP contribution is -2.49. The Morgan fingerprint density at radius 3 is 2.23 bits per heavy atom. The lowest BCUT2D eigenvalue weighted by Gasteiger charge is -2.28. The fourth-order valence-electron chi connectivity index (χ4n) is 3.92. The van der Waals surface area contributed by atoms with Crippen LogP contribution in [0, 0.1) is 0 Å². The summed E-state index contributed by atoms with van der Waals surface area (Å²) in [6.45, 7) is 0.598. The molecule has 0 radical (unpaired) electrons. The number of ether oxygens (including phenoxy) is 2. The summed E-state index contributed by atoms with van der Waals surface area (Å²) in [6, 6.07) is 4.99. The fraction of sp³-hybridized carbons (Fsp3) is 0.600. The molecule has 6 nitrogen and oxygen atoms in total. The molecule has 142 valence electrons. The van der Waals surface area contributed by atoms with Crippen molar-refractivity contribution in [1.29, 1.82) is 0 Å². The highest BCUT2D eigenvalue weighted by Crippen LogP contribution is 2.27. The molecule has 1 heterocycles. The molecule has 0 bridgehead atoms. The first-order valence-corrected chi connectivity index (χ1v) is 9.47. The second-order valence-electron chi connectivity index (χ2n) is 7.10. The van der Waals surface area contributed by atoms with Crippen LogP contribution >= 0.6 is 0 Å². The van der Waals surface area contributed by atoms with Gasteiger partial charge in [-0.15, -0.1) is 0 Å². The molecule has 2 fully saturated rings. The molecule has 1 aromatic rings. The minimum absolute atomic E-state index is 0.0161. The summed E-state index contributed by atoms with van der Waals surface area (Å²) in [5.41, 5.74) is 0.485. The van der Waals surface area contributed by atoms with E-state index in [0.29, 0.717) is 30.0 Å². The maximum absolute atomic E-state index is 13.0. The zero-order chi connectivity index (χ0) is 18.5. The van der Waals surface area contributed by atoms with Crippen LogP contribution < -0.4 is 14.8 Å². The zero-order valence-corrected chi connectivity index (χ0v) is 15.6.